The van der Waals surface area contributed by atoms with Crippen molar-refractivity contribution in [2.24, 2.45) is 0 Å². The molecule has 23 heavy (non-hydrogen) atoms. The number of carbonyl (C=O) groups is 1. The fourth-order valence-electron chi connectivity index (χ4n) is 1.80. The Labute approximate surface area is 130 Å². The van der Waals surface area contributed by atoms with Gasteiger partial charge in [0.05, 0.1) is 11.1 Å². The number of alkyl halides is 3. The van der Waals surface area contributed by atoms with Crippen molar-refractivity contribution in [3.63, 3.8) is 0 Å². The topological polar surface area (TPSA) is 53.3 Å². The van der Waals surface area contributed by atoms with Crippen molar-refractivity contribution in [3.05, 3.63) is 59.7 Å². The molecule has 0 N–H and O–H groups in total. The van der Waals surface area contributed by atoms with E-state index in [0.717, 1.165) is 12.1 Å². The standard InChI is InChI=1S/C16H11F3N2O2/c1-21(13-5-3-2-4-6-13)15(22)23-14-8-7-12(16(17,18)19)9-11(14)10-20/h2-9H,1H3. The molecule has 0 aliphatic carbocycles. The van der Waals surface area contributed by atoms with Crippen LogP contribution in [0, 0.1) is 11.3 Å². The van der Waals surface area contributed by atoms with E-state index in [1.165, 1.54) is 11.9 Å². The van der Waals surface area contributed by atoms with Gasteiger partial charge in [0.1, 0.15) is 6.07 Å². The van der Waals surface area contributed by atoms with E-state index in [9.17, 15) is 18.0 Å². The number of anilines is 1. The van der Waals surface area contributed by atoms with Crippen LogP contribution in [0.1, 0.15) is 11.1 Å². The Morgan fingerprint density at radius 2 is 1.83 bits per heavy atom. The van der Waals surface area contributed by atoms with Crippen LogP contribution in [0.25, 0.3) is 0 Å². The molecule has 0 aliphatic rings. The smallest absolute Gasteiger partial charge is 0.409 e. The predicted molar refractivity (Wildman–Crippen MR) is 77.0 cm³/mol. The van der Waals surface area contributed by atoms with Gasteiger partial charge in [0.25, 0.3) is 0 Å². The maximum atomic E-state index is 12.6. The Morgan fingerprint density at radius 1 is 1.17 bits per heavy atom. The lowest BCUT2D eigenvalue weighted by Crippen LogP contribution is -2.29. The zero-order valence-corrected chi connectivity index (χ0v) is 12.0. The van der Waals surface area contributed by atoms with Crippen molar-refractivity contribution in [1.29, 1.82) is 5.26 Å². The second kappa shape index (κ2) is 6.40. The highest BCUT2D eigenvalue weighted by molar-refractivity contribution is 5.88. The summed E-state index contributed by atoms with van der Waals surface area (Å²) in [5.74, 6) is -0.228. The van der Waals surface area contributed by atoms with Crippen LogP contribution in [0.3, 0.4) is 0 Å². The first-order chi connectivity index (χ1) is 10.8. The number of ether oxygens (including phenoxy) is 1. The van der Waals surface area contributed by atoms with Crippen molar-refractivity contribution in [3.8, 4) is 11.8 Å². The summed E-state index contributed by atoms with van der Waals surface area (Å²) in [7, 11) is 1.45. The number of para-hydroxylation sites is 1. The molecule has 1 amide bonds. The van der Waals surface area contributed by atoms with Crippen LogP contribution in [0.15, 0.2) is 48.5 Å². The fraction of sp³-hybridized carbons (Fsp3) is 0.125. The second-order valence-corrected chi connectivity index (χ2v) is 4.58. The van der Waals surface area contributed by atoms with Crippen LogP contribution in [-0.4, -0.2) is 13.1 Å². The molecule has 0 saturated carbocycles. The first kappa shape index (κ1) is 16.4. The lowest BCUT2D eigenvalue weighted by molar-refractivity contribution is -0.137. The third-order valence-electron chi connectivity index (χ3n) is 3.04. The van der Waals surface area contributed by atoms with Crippen molar-refractivity contribution in [2.75, 3.05) is 11.9 Å². The van der Waals surface area contributed by atoms with Crippen LogP contribution in [0.4, 0.5) is 23.7 Å². The largest absolute Gasteiger partial charge is 0.419 e. The van der Waals surface area contributed by atoms with E-state index < -0.39 is 17.8 Å². The minimum absolute atomic E-state index is 0.228. The fourth-order valence-corrected chi connectivity index (χ4v) is 1.80. The molecule has 2 rings (SSSR count). The third kappa shape index (κ3) is 3.80. The molecule has 2 aromatic rings. The monoisotopic (exact) mass is 320 g/mol. The summed E-state index contributed by atoms with van der Waals surface area (Å²) in [6.45, 7) is 0. The molecule has 0 aromatic heterocycles. The average Bonchev–Trinajstić information content (AvgIpc) is 2.54. The van der Waals surface area contributed by atoms with Crippen LogP contribution < -0.4 is 9.64 Å². The molecule has 0 saturated heterocycles. The molecule has 2 aromatic carbocycles. The molecule has 0 radical (unpaired) electrons. The van der Waals surface area contributed by atoms with Gasteiger partial charge >= 0.3 is 12.3 Å². The highest BCUT2D eigenvalue weighted by Gasteiger charge is 2.31. The molecular formula is C16H11F3N2O2. The summed E-state index contributed by atoms with van der Waals surface area (Å²) in [6.07, 6.45) is -5.39. The van der Waals surface area contributed by atoms with Gasteiger partial charge in [-0.25, -0.2) is 4.79 Å². The van der Waals surface area contributed by atoms with E-state index in [2.05, 4.69) is 0 Å². The highest BCUT2D eigenvalue weighted by Crippen LogP contribution is 2.32. The number of halogens is 3. The molecule has 0 aliphatic heterocycles. The first-order valence-electron chi connectivity index (χ1n) is 6.45. The van der Waals surface area contributed by atoms with Gasteiger partial charge in [0, 0.05) is 12.7 Å². The van der Waals surface area contributed by atoms with Crippen molar-refractivity contribution in [1.82, 2.24) is 0 Å². The molecule has 118 valence electrons. The molecule has 0 atom stereocenters. The van der Waals surface area contributed by atoms with E-state index >= 15 is 0 Å². The SMILES string of the molecule is CN(C(=O)Oc1ccc(C(F)(F)F)cc1C#N)c1ccccc1. The molecule has 0 spiro atoms. The zero-order chi connectivity index (χ0) is 17.0. The number of hydrogen-bond donors (Lipinski definition) is 0. The van der Waals surface area contributed by atoms with Gasteiger partial charge < -0.3 is 4.74 Å². The van der Waals surface area contributed by atoms with Crippen molar-refractivity contribution >= 4 is 11.8 Å². The summed E-state index contributed by atoms with van der Waals surface area (Å²) in [6, 6.07) is 12.5. The molecule has 0 unspecified atom stereocenters. The minimum atomic E-state index is -4.57. The highest BCUT2D eigenvalue weighted by atomic mass is 19.4. The lowest BCUT2D eigenvalue weighted by atomic mass is 10.1. The second-order valence-electron chi connectivity index (χ2n) is 4.58. The summed E-state index contributed by atoms with van der Waals surface area (Å²) in [5.41, 5.74) is -0.803. The van der Waals surface area contributed by atoms with Gasteiger partial charge in [-0.3, -0.25) is 4.90 Å². The Kier molecular flexibility index (Phi) is 4.55. The van der Waals surface area contributed by atoms with Gasteiger partial charge in [-0.05, 0) is 30.3 Å². The summed E-state index contributed by atoms with van der Waals surface area (Å²) in [5, 5.41) is 8.95. The van der Waals surface area contributed by atoms with Crippen LogP contribution in [-0.2, 0) is 6.18 Å². The van der Waals surface area contributed by atoms with Crippen molar-refractivity contribution in [2.45, 2.75) is 6.18 Å². The normalized spacial score (nSPS) is 10.7. The molecule has 0 fully saturated rings. The number of amides is 1. The minimum Gasteiger partial charge on any atom is -0.409 e. The summed E-state index contributed by atoms with van der Waals surface area (Å²) < 4.78 is 42.9. The lowest BCUT2D eigenvalue weighted by Gasteiger charge is -2.17. The quantitative estimate of drug-likeness (QED) is 0.833. The maximum Gasteiger partial charge on any atom is 0.419 e. The number of nitrogens with zero attached hydrogens (tertiary/aromatic N) is 2. The van der Waals surface area contributed by atoms with E-state index in [1.54, 1.807) is 36.4 Å². The zero-order valence-electron chi connectivity index (χ0n) is 12.0. The van der Waals surface area contributed by atoms with Gasteiger partial charge in [0.2, 0.25) is 0 Å². The molecule has 0 bridgehead atoms. The third-order valence-corrected chi connectivity index (χ3v) is 3.04. The van der Waals surface area contributed by atoms with Crippen LogP contribution >= 0.6 is 0 Å². The number of carbonyl (C=O) groups excluding carboxylic acids is 1. The number of rotatable bonds is 2. The number of hydrogen-bond acceptors (Lipinski definition) is 3. The Morgan fingerprint density at radius 3 is 2.39 bits per heavy atom. The number of benzene rings is 2. The van der Waals surface area contributed by atoms with Gasteiger partial charge in [-0.2, -0.15) is 18.4 Å². The van der Waals surface area contributed by atoms with Gasteiger partial charge in [-0.15, -0.1) is 0 Å². The Bertz CT molecular complexity index is 752. The van der Waals surface area contributed by atoms with E-state index in [1.807, 2.05) is 0 Å². The molecule has 0 heterocycles. The number of nitriles is 1. The van der Waals surface area contributed by atoms with E-state index in [-0.39, 0.29) is 11.3 Å². The average molecular weight is 320 g/mol. The maximum absolute atomic E-state index is 12.6. The van der Waals surface area contributed by atoms with Gasteiger partial charge in [0.15, 0.2) is 5.75 Å². The van der Waals surface area contributed by atoms with Crippen LogP contribution in [0.5, 0.6) is 5.75 Å². The predicted octanol–water partition coefficient (Wildman–Crippen LogP) is 4.21. The first-order valence-corrected chi connectivity index (χ1v) is 6.45. The Hall–Kier alpha value is -3.01. The Balaban J connectivity index is 2.23. The summed E-state index contributed by atoms with van der Waals surface area (Å²) in [4.78, 5) is 13.2. The van der Waals surface area contributed by atoms with E-state index in [4.69, 9.17) is 10.00 Å². The molecular weight excluding hydrogens is 309 g/mol. The summed E-state index contributed by atoms with van der Waals surface area (Å²) >= 11 is 0. The van der Waals surface area contributed by atoms with Crippen molar-refractivity contribution < 1.29 is 22.7 Å². The molecule has 7 heteroatoms. The van der Waals surface area contributed by atoms with Crippen LogP contribution in [0.2, 0.25) is 0 Å². The van der Waals surface area contributed by atoms with E-state index in [0.29, 0.717) is 11.8 Å². The van der Waals surface area contributed by atoms with Gasteiger partial charge in [-0.1, -0.05) is 18.2 Å². The molecule has 4 nitrogen and oxygen atoms in total.